The van der Waals surface area contributed by atoms with Crippen molar-refractivity contribution >= 4 is 17.4 Å². The zero-order valence-electron chi connectivity index (χ0n) is 12.7. The highest BCUT2D eigenvalue weighted by Crippen LogP contribution is 2.19. The number of aromatic nitrogens is 3. The maximum Gasteiger partial charge on any atom is 0.280 e. The van der Waals surface area contributed by atoms with Crippen LogP contribution in [0.15, 0.2) is 48.5 Å². The van der Waals surface area contributed by atoms with E-state index in [0.29, 0.717) is 17.1 Å². The molecule has 24 heavy (non-hydrogen) atoms. The lowest BCUT2D eigenvalue weighted by atomic mass is 10.3. The lowest BCUT2D eigenvalue weighted by Crippen LogP contribution is -2.15. The maximum atomic E-state index is 12.9. The van der Waals surface area contributed by atoms with Crippen LogP contribution in [0.5, 0.6) is 5.75 Å². The van der Waals surface area contributed by atoms with Crippen molar-refractivity contribution in [1.82, 2.24) is 15.0 Å². The normalized spacial score (nSPS) is 10.4. The van der Waals surface area contributed by atoms with Crippen molar-refractivity contribution in [1.29, 1.82) is 0 Å². The Hall–Kier alpha value is -3.42. The first kappa shape index (κ1) is 15.5. The lowest BCUT2D eigenvalue weighted by molar-refractivity contribution is 0.102. The van der Waals surface area contributed by atoms with Crippen molar-refractivity contribution in [3.8, 4) is 11.4 Å². The fraction of sp³-hybridized carbons (Fsp3) is 0.0625. The van der Waals surface area contributed by atoms with E-state index < -0.39 is 11.7 Å². The highest BCUT2D eigenvalue weighted by atomic mass is 19.1. The minimum absolute atomic E-state index is 0.0184. The molecule has 1 amide bonds. The number of rotatable bonds is 4. The third kappa shape index (κ3) is 3.02. The summed E-state index contributed by atoms with van der Waals surface area (Å²) in [6, 6.07) is 12.3. The second-order valence-corrected chi connectivity index (χ2v) is 4.89. The summed E-state index contributed by atoms with van der Waals surface area (Å²) < 4.78 is 19.3. The van der Waals surface area contributed by atoms with E-state index in [1.165, 1.54) is 28.9 Å². The SMILES string of the molecule is COc1ccc(-n2nnc(C(=O)Nc3ccc(F)cc3)c2N)cc1. The third-order valence-corrected chi connectivity index (χ3v) is 3.34. The summed E-state index contributed by atoms with van der Waals surface area (Å²) in [5.41, 5.74) is 7.02. The summed E-state index contributed by atoms with van der Waals surface area (Å²) in [5, 5.41) is 10.3. The highest BCUT2D eigenvalue weighted by Gasteiger charge is 2.18. The number of halogens is 1. The number of ether oxygens (including phenoxy) is 1. The van der Waals surface area contributed by atoms with Crippen LogP contribution in [0.2, 0.25) is 0 Å². The Morgan fingerprint density at radius 3 is 2.46 bits per heavy atom. The van der Waals surface area contributed by atoms with Crippen LogP contribution < -0.4 is 15.8 Å². The number of nitrogens with one attached hydrogen (secondary N) is 1. The zero-order chi connectivity index (χ0) is 17.1. The van der Waals surface area contributed by atoms with Crippen molar-refractivity contribution in [3.63, 3.8) is 0 Å². The van der Waals surface area contributed by atoms with Crippen LogP contribution >= 0.6 is 0 Å². The largest absolute Gasteiger partial charge is 0.497 e. The molecular formula is C16H14FN5O2. The molecule has 0 atom stereocenters. The van der Waals surface area contributed by atoms with Gasteiger partial charge in [-0.15, -0.1) is 5.10 Å². The van der Waals surface area contributed by atoms with E-state index >= 15 is 0 Å². The Bertz CT molecular complexity index is 859. The number of carbonyl (C=O) groups is 1. The molecule has 0 saturated carbocycles. The minimum Gasteiger partial charge on any atom is -0.497 e. The number of anilines is 2. The molecule has 3 rings (SSSR count). The van der Waals surface area contributed by atoms with Gasteiger partial charge in [0, 0.05) is 5.69 Å². The van der Waals surface area contributed by atoms with E-state index in [1.807, 2.05) is 0 Å². The number of carbonyl (C=O) groups excluding carboxylic acids is 1. The molecule has 1 aromatic heterocycles. The fourth-order valence-corrected chi connectivity index (χ4v) is 2.09. The van der Waals surface area contributed by atoms with Crippen LogP contribution in [0.1, 0.15) is 10.5 Å². The Morgan fingerprint density at radius 1 is 1.17 bits per heavy atom. The molecule has 3 N–H and O–H groups in total. The van der Waals surface area contributed by atoms with E-state index in [9.17, 15) is 9.18 Å². The Balaban J connectivity index is 1.83. The van der Waals surface area contributed by atoms with Gasteiger partial charge in [-0.1, -0.05) is 5.21 Å². The molecule has 2 aromatic carbocycles. The molecular weight excluding hydrogens is 313 g/mol. The van der Waals surface area contributed by atoms with Crippen molar-refractivity contribution in [2.45, 2.75) is 0 Å². The van der Waals surface area contributed by atoms with Gasteiger partial charge < -0.3 is 15.8 Å². The Labute approximate surface area is 136 Å². The van der Waals surface area contributed by atoms with Gasteiger partial charge >= 0.3 is 0 Å². The van der Waals surface area contributed by atoms with E-state index in [1.54, 1.807) is 31.4 Å². The quantitative estimate of drug-likeness (QED) is 0.766. The number of nitrogen functional groups attached to an aromatic ring is 1. The van der Waals surface area contributed by atoms with Crippen LogP contribution in [-0.4, -0.2) is 28.0 Å². The summed E-state index contributed by atoms with van der Waals surface area (Å²) in [7, 11) is 1.57. The standard InChI is InChI=1S/C16H14FN5O2/c1-24-13-8-6-12(7-9-13)22-15(18)14(20-21-22)16(23)19-11-4-2-10(17)3-5-11/h2-9H,18H2,1H3,(H,19,23). The van der Waals surface area contributed by atoms with Gasteiger partial charge in [0.2, 0.25) is 0 Å². The first-order valence-electron chi connectivity index (χ1n) is 7.01. The number of nitrogens with two attached hydrogens (primary N) is 1. The predicted octanol–water partition coefficient (Wildman–Crippen LogP) is 2.25. The Morgan fingerprint density at radius 2 is 1.83 bits per heavy atom. The monoisotopic (exact) mass is 327 g/mol. The van der Waals surface area contributed by atoms with Gasteiger partial charge in [0.1, 0.15) is 11.6 Å². The van der Waals surface area contributed by atoms with Gasteiger partial charge in [0.15, 0.2) is 11.5 Å². The molecule has 0 aliphatic heterocycles. The molecule has 7 nitrogen and oxygen atoms in total. The van der Waals surface area contributed by atoms with E-state index in [-0.39, 0.29) is 11.5 Å². The molecule has 0 unspecified atom stereocenters. The minimum atomic E-state index is -0.529. The second kappa shape index (κ2) is 6.37. The van der Waals surface area contributed by atoms with Crippen LogP contribution in [0, 0.1) is 5.82 Å². The fourth-order valence-electron chi connectivity index (χ4n) is 2.09. The topological polar surface area (TPSA) is 95.1 Å². The average Bonchev–Trinajstić information content (AvgIpc) is 2.98. The second-order valence-electron chi connectivity index (χ2n) is 4.89. The number of nitrogens with zero attached hydrogens (tertiary/aromatic N) is 3. The molecule has 8 heteroatoms. The molecule has 1 heterocycles. The van der Waals surface area contributed by atoms with Crippen molar-refractivity contribution in [3.05, 3.63) is 60.0 Å². The van der Waals surface area contributed by atoms with Gasteiger partial charge in [0.05, 0.1) is 12.8 Å². The number of amides is 1. The van der Waals surface area contributed by atoms with Gasteiger partial charge in [-0.05, 0) is 48.5 Å². The van der Waals surface area contributed by atoms with Crippen LogP contribution in [0.4, 0.5) is 15.9 Å². The first-order chi connectivity index (χ1) is 11.6. The van der Waals surface area contributed by atoms with Gasteiger partial charge in [-0.3, -0.25) is 4.79 Å². The summed E-state index contributed by atoms with van der Waals surface area (Å²) in [6.07, 6.45) is 0. The van der Waals surface area contributed by atoms with E-state index in [4.69, 9.17) is 10.5 Å². The molecule has 0 fully saturated rings. The average molecular weight is 327 g/mol. The molecule has 122 valence electrons. The first-order valence-corrected chi connectivity index (χ1v) is 7.01. The molecule has 0 saturated heterocycles. The summed E-state index contributed by atoms with van der Waals surface area (Å²) in [6.45, 7) is 0. The maximum absolute atomic E-state index is 12.9. The molecule has 0 radical (unpaired) electrons. The van der Waals surface area contributed by atoms with E-state index in [0.717, 1.165) is 0 Å². The van der Waals surface area contributed by atoms with Crippen LogP contribution in [-0.2, 0) is 0 Å². The molecule has 3 aromatic rings. The number of benzene rings is 2. The van der Waals surface area contributed by atoms with E-state index in [2.05, 4.69) is 15.6 Å². The zero-order valence-corrected chi connectivity index (χ0v) is 12.7. The molecule has 0 spiro atoms. The number of methoxy groups -OCH3 is 1. The van der Waals surface area contributed by atoms with Crippen molar-refractivity contribution < 1.29 is 13.9 Å². The van der Waals surface area contributed by atoms with Crippen LogP contribution in [0.25, 0.3) is 5.69 Å². The van der Waals surface area contributed by atoms with Crippen molar-refractivity contribution in [2.75, 3.05) is 18.2 Å². The van der Waals surface area contributed by atoms with Crippen molar-refractivity contribution in [2.24, 2.45) is 0 Å². The molecule has 0 aliphatic rings. The number of hydrogen-bond acceptors (Lipinski definition) is 5. The summed E-state index contributed by atoms with van der Waals surface area (Å²) in [4.78, 5) is 12.2. The summed E-state index contributed by atoms with van der Waals surface area (Å²) in [5.74, 6) is -0.136. The lowest BCUT2D eigenvalue weighted by Gasteiger charge is -2.05. The third-order valence-electron chi connectivity index (χ3n) is 3.34. The van der Waals surface area contributed by atoms with Gasteiger partial charge in [0.25, 0.3) is 5.91 Å². The molecule has 0 aliphatic carbocycles. The number of hydrogen-bond donors (Lipinski definition) is 2. The Kier molecular flexibility index (Phi) is 4.11. The predicted molar refractivity (Wildman–Crippen MR) is 86.7 cm³/mol. The smallest absolute Gasteiger partial charge is 0.280 e. The van der Waals surface area contributed by atoms with Crippen LogP contribution in [0.3, 0.4) is 0 Å². The molecule has 0 bridgehead atoms. The van der Waals surface area contributed by atoms with Gasteiger partial charge in [-0.25, -0.2) is 4.39 Å². The van der Waals surface area contributed by atoms with Gasteiger partial charge in [-0.2, -0.15) is 4.68 Å². The summed E-state index contributed by atoms with van der Waals surface area (Å²) >= 11 is 0. The highest BCUT2D eigenvalue weighted by molar-refractivity contribution is 6.05.